The van der Waals surface area contributed by atoms with Crippen molar-refractivity contribution in [1.82, 2.24) is 4.90 Å². The van der Waals surface area contributed by atoms with Crippen molar-refractivity contribution in [2.75, 3.05) is 20.3 Å². The van der Waals surface area contributed by atoms with Crippen LogP contribution in [0.15, 0.2) is 30.3 Å². The number of carbonyl (C=O) groups excluding carboxylic acids is 2. The number of rotatable bonds is 5. The molecular formula is C14H17NO4. The van der Waals surface area contributed by atoms with E-state index in [4.69, 9.17) is 4.74 Å². The minimum absolute atomic E-state index is 0.00512. The molecular weight excluding hydrogens is 246 g/mol. The lowest BCUT2D eigenvalue weighted by Gasteiger charge is -2.18. The number of imide groups is 1. The van der Waals surface area contributed by atoms with Gasteiger partial charge in [0.2, 0.25) is 11.8 Å². The van der Waals surface area contributed by atoms with E-state index in [-0.39, 0.29) is 31.4 Å². The number of ether oxygens (including phenoxy) is 1. The van der Waals surface area contributed by atoms with Crippen LogP contribution in [0.1, 0.15) is 17.9 Å². The van der Waals surface area contributed by atoms with E-state index in [9.17, 15) is 14.7 Å². The van der Waals surface area contributed by atoms with E-state index in [2.05, 4.69) is 0 Å². The Hall–Kier alpha value is -1.72. The molecule has 0 bridgehead atoms. The highest BCUT2D eigenvalue weighted by molar-refractivity contribution is 6.06. The van der Waals surface area contributed by atoms with Crippen LogP contribution in [-0.2, 0) is 14.3 Å². The van der Waals surface area contributed by atoms with Gasteiger partial charge in [0, 0.05) is 13.5 Å². The standard InChI is InChI=1S/C14H17NO4/c1-19-9-11(16)8-15-13(17)7-12(14(15)18)10-5-3-2-4-6-10/h2-6,11-12,16H,7-9H2,1H3. The molecule has 19 heavy (non-hydrogen) atoms. The molecule has 1 fully saturated rings. The molecule has 1 saturated heterocycles. The van der Waals surface area contributed by atoms with E-state index < -0.39 is 12.0 Å². The summed E-state index contributed by atoms with van der Waals surface area (Å²) < 4.78 is 4.80. The first-order chi connectivity index (χ1) is 9.13. The molecule has 2 atom stereocenters. The lowest BCUT2D eigenvalue weighted by Crippen LogP contribution is -2.38. The van der Waals surface area contributed by atoms with E-state index in [0.717, 1.165) is 10.5 Å². The Morgan fingerprint density at radius 1 is 1.37 bits per heavy atom. The molecule has 5 nitrogen and oxygen atoms in total. The van der Waals surface area contributed by atoms with Crippen molar-refractivity contribution in [3.8, 4) is 0 Å². The predicted molar refractivity (Wildman–Crippen MR) is 68.4 cm³/mol. The largest absolute Gasteiger partial charge is 0.389 e. The zero-order valence-corrected chi connectivity index (χ0v) is 10.8. The van der Waals surface area contributed by atoms with Crippen molar-refractivity contribution in [1.29, 1.82) is 0 Å². The van der Waals surface area contributed by atoms with Crippen LogP contribution in [0.25, 0.3) is 0 Å². The first-order valence-electron chi connectivity index (χ1n) is 6.19. The number of amides is 2. The molecule has 2 rings (SSSR count). The predicted octanol–water partition coefficient (Wildman–Crippen LogP) is 0.536. The fourth-order valence-electron chi connectivity index (χ4n) is 2.28. The molecule has 0 radical (unpaired) electrons. The molecule has 5 heteroatoms. The quantitative estimate of drug-likeness (QED) is 0.787. The molecule has 1 aliphatic heterocycles. The molecule has 2 amide bonds. The summed E-state index contributed by atoms with van der Waals surface area (Å²) in [5.74, 6) is -0.913. The molecule has 0 saturated carbocycles. The summed E-state index contributed by atoms with van der Waals surface area (Å²) in [5, 5.41) is 9.63. The maximum atomic E-state index is 12.2. The number of carbonyl (C=O) groups is 2. The van der Waals surface area contributed by atoms with Crippen LogP contribution in [0.3, 0.4) is 0 Å². The molecule has 1 N–H and O–H groups in total. The third-order valence-corrected chi connectivity index (χ3v) is 3.20. The summed E-state index contributed by atoms with van der Waals surface area (Å²) in [6, 6.07) is 9.23. The van der Waals surface area contributed by atoms with Gasteiger partial charge in [0.15, 0.2) is 0 Å². The average molecular weight is 263 g/mol. The van der Waals surface area contributed by atoms with Gasteiger partial charge in [0.1, 0.15) is 0 Å². The lowest BCUT2D eigenvalue weighted by molar-refractivity contribution is -0.140. The number of likely N-dealkylation sites (tertiary alicyclic amines) is 1. The van der Waals surface area contributed by atoms with Crippen molar-refractivity contribution in [2.24, 2.45) is 0 Å². The second-order valence-electron chi connectivity index (χ2n) is 4.62. The average Bonchev–Trinajstić information content (AvgIpc) is 2.68. The van der Waals surface area contributed by atoms with Gasteiger partial charge in [-0.25, -0.2) is 0 Å². The van der Waals surface area contributed by atoms with Crippen LogP contribution in [0.5, 0.6) is 0 Å². The van der Waals surface area contributed by atoms with Gasteiger partial charge < -0.3 is 9.84 Å². The van der Waals surface area contributed by atoms with E-state index in [1.54, 1.807) is 0 Å². The topological polar surface area (TPSA) is 66.8 Å². The van der Waals surface area contributed by atoms with Crippen LogP contribution in [0.2, 0.25) is 0 Å². The Labute approximate surface area is 111 Å². The molecule has 1 aromatic rings. The Balaban J connectivity index is 2.08. The Bertz CT molecular complexity index is 460. The molecule has 102 valence electrons. The Kier molecular flexibility index (Phi) is 4.29. The minimum atomic E-state index is -0.840. The third-order valence-electron chi connectivity index (χ3n) is 3.20. The number of methoxy groups -OCH3 is 1. The van der Waals surface area contributed by atoms with Gasteiger partial charge in [-0.2, -0.15) is 0 Å². The molecule has 0 aromatic heterocycles. The van der Waals surface area contributed by atoms with E-state index in [1.807, 2.05) is 30.3 Å². The van der Waals surface area contributed by atoms with Gasteiger partial charge in [0.25, 0.3) is 0 Å². The summed E-state index contributed by atoms with van der Waals surface area (Å²) in [4.78, 5) is 25.2. The molecule has 2 unspecified atom stereocenters. The normalized spacial score (nSPS) is 20.9. The van der Waals surface area contributed by atoms with E-state index >= 15 is 0 Å². The van der Waals surface area contributed by atoms with Crippen molar-refractivity contribution >= 4 is 11.8 Å². The summed E-state index contributed by atoms with van der Waals surface area (Å²) in [6.07, 6.45) is -0.671. The van der Waals surface area contributed by atoms with E-state index in [0.29, 0.717) is 0 Å². The van der Waals surface area contributed by atoms with Crippen molar-refractivity contribution in [3.63, 3.8) is 0 Å². The Morgan fingerprint density at radius 2 is 2.05 bits per heavy atom. The van der Waals surface area contributed by atoms with Crippen LogP contribution >= 0.6 is 0 Å². The highest BCUT2D eigenvalue weighted by atomic mass is 16.5. The SMILES string of the molecule is COCC(O)CN1C(=O)CC(c2ccccc2)C1=O. The summed E-state index contributed by atoms with van der Waals surface area (Å²) in [5.41, 5.74) is 0.838. The zero-order valence-electron chi connectivity index (χ0n) is 10.8. The molecule has 0 spiro atoms. The minimum Gasteiger partial charge on any atom is -0.389 e. The fraction of sp³-hybridized carbons (Fsp3) is 0.429. The van der Waals surface area contributed by atoms with Crippen LogP contribution < -0.4 is 0 Å². The summed E-state index contributed by atoms with van der Waals surface area (Å²) in [6.45, 7) is 0.0991. The van der Waals surface area contributed by atoms with Gasteiger partial charge in [0.05, 0.1) is 25.2 Å². The number of aliphatic hydroxyl groups is 1. The van der Waals surface area contributed by atoms with Gasteiger partial charge in [-0.1, -0.05) is 30.3 Å². The van der Waals surface area contributed by atoms with Crippen molar-refractivity contribution in [2.45, 2.75) is 18.4 Å². The molecule has 0 aliphatic carbocycles. The van der Waals surface area contributed by atoms with Crippen molar-refractivity contribution in [3.05, 3.63) is 35.9 Å². The lowest BCUT2D eigenvalue weighted by atomic mass is 9.98. The van der Waals surface area contributed by atoms with E-state index in [1.165, 1.54) is 7.11 Å². The second kappa shape index (κ2) is 5.95. The number of benzene rings is 1. The smallest absolute Gasteiger partial charge is 0.237 e. The first-order valence-corrected chi connectivity index (χ1v) is 6.19. The molecule has 1 aromatic carbocycles. The maximum Gasteiger partial charge on any atom is 0.237 e. The maximum absolute atomic E-state index is 12.2. The fourth-order valence-corrected chi connectivity index (χ4v) is 2.28. The number of β-amino-alcohol motifs (C(OH)–C–C–N with tert-alkyl or cyclic N) is 1. The summed E-state index contributed by atoms with van der Waals surface area (Å²) >= 11 is 0. The highest BCUT2D eigenvalue weighted by Gasteiger charge is 2.39. The van der Waals surface area contributed by atoms with Crippen LogP contribution in [0, 0.1) is 0 Å². The third kappa shape index (κ3) is 3.00. The zero-order chi connectivity index (χ0) is 13.8. The van der Waals surface area contributed by atoms with Gasteiger partial charge >= 0.3 is 0 Å². The van der Waals surface area contributed by atoms with Gasteiger partial charge in [-0.3, -0.25) is 14.5 Å². The highest BCUT2D eigenvalue weighted by Crippen LogP contribution is 2.29. The second-order valence-corrected chi connectivity index (χ2v) is 4.62. The monoisotopic (exact) mass is 263 g/mol. The van der Waals surface area contributed by atoms with Gasteiger partial charge in [-0.15, -0.1) is 0 Å². The number of aliphatic hydroxyl groups excluding tert-OH is 1. The van der Waals surface area contributed by atoms with Crippen LogP contribution in [0.4, 0.5) is 0 Å². The first kappa shape index (κ1) is 13.7. The summed E-state index contributed by atoms with van der Waals surface area (Å²) in [7, 11) is 1.46. The number of hydrogen-bond donors (Lipinski definition) is 1. The van der Waals surface area contributed by atoms with Crippen LogP contribution in [-0.4, -0.2) is 48.2 Å². The molecule has 1 aliphatic rings. The van der Waals surface area contributed by atoms with Gasteiger partial charge in [-0.05, 0) is 5.56 Å². The molecule has 1 heterocycles. The number of hydrogen-bond acceptors (Lipinski definition) is 4. The van der Waals surface area contributed by atoms with Crippen molar-refractivity contribution < 1.29 is 19.4 Å². The Morgan fingerprint density at radius 3 is 2.68 bits per heavy atom. The number of nitrogens with zero attached hydrogens (tertiary/aromatic N) is 1.